The van der Waals surface area contributed by atoms with E-state index < -0.39 is 0 Å². The Labute approximate surface area is 137 Å². The molecule has 0 bridgehead atoms. The highest BCUT2D eigenvalue weighted by atomic mass is 16.6. The summed E-state index contributed by atoms with van der Waals surface area (Å²) in [6, 6.07) is 7.18. The number of amides is 1. The van der Waals surface area contributed by atoms with Crippen molar-refractivity contribution < 1.29 is 9.42 Å². The summed E-state index contributed by atoms with van der Waals surface area (Å²) in [6.45, 7) is 1.46. The summed E-state index contributed by atoms with van der Waals surface area (Å²) < 4.78 is 4.73. The molecular formula is C16H16N6O2. The fraction of sp³-hybridized carbons (Fsp3) is 0.312. The Morgan fingerprint density at radius 2 is 2.08 bits per heavy atom. The molecule has 0 spiro atoms. The zero-order chi connectivity index (χ0) is 16.4. The number of benzene rings is 1. The summed E-state index contributed by atoms with van der Waals surface area (Å²) in [6.07, 6.45) is 5.18. The Morgan fingerprint density at radius 3 is 2.96 bits per heavy atom. The first kappa shape index (κ1) is 14.6. The molecule has 8 nitrogen and oxygen atoms in total. The fourth-order valence-electron chi connectivity index (χ4n) is 2.97. The lowest BCUT2D eigenvalue weighted by Gasteiger charge is -2.31. The minimum Gasteiger partial charge on any atom is -0.340 e. The SMILES string of the molecule is O=C(Nc1cccc2nonc12)[C@H]1CCCN(c2ncccn2)C1. The first-order chi connectivity index (χ1) is 11.8. The maximum absolute atomic E-state index is 12.7. The van der Waals surface area contributed by atoms with E-state index in [4.69, 9.17) is 4.63 Å². The third-order valence-corrected chi connectivity index (χ3v) is 4.17. The van der Waals surface area contributed by atoms with Crippen molar-refractivity contribution in [3.8, 4) is 0 Å². The lowest BCUT2D eigenvalue weighted by atomic mass is 9.97. The van der Waals surface area contributed by atoms with Gasteiger partial charge in [0.1, 0.15) is 5.52 Å². The van der Waals surface area contributed by atoms with Gasteiger partial charge in [-0.25, -0.2) is 14.6 Å². The lowest BCUT2D eigenvalue weighted by molar-refractivity contribution is -0.120. The topological polar surface area (TPSA) is 97.0 Å². The normalized spacial score (nSPS) is 17.8. The van der Waals surface area contributed by atoms with Crippen molar-refractivity contribution in [3.05, 3.63) is 36.7 Å². The van der Waals surface area contributed by atoms with Crippen molar-refractivity contribution in [3.63, 3.8) is 0 Å². The van der Waals surface area contributed by atoms with E-state index in [1.807, 2.05) is 11.0 Å². The molecule has 3 heterocycles. The molecule has 4 rings (SSSR count). The van der Waals surface area contributed by atoms with Crippen LogP contribution in [0.1, 0.15) is 12.8 Å². The number of fused-ring (bicyclic) bond motifs is 1. The highest BCUT2D eigenvalue weighted by Gasteiger charge is 2.27. The van der Waals surface area contributed by atoms with E-state index in [1.165, 1.54) is 0 Å². The van der Waals surface area contributed by atoms with Crippen LogP contribution in [-0.2, 0) is 4.79 Å². The molecule has 0 radical (unpaired) electrons. The smallest absolute Gasteiger partial charge is 0.229 e. The minimum atomic E-state index is -0.127. The summed E-state index contributed by atoms with van der Waals surface area (Å²) >= 11 is 0. The summed E-state index contributed by atoms with van der Waals surface area (Å²) in [5.74, 6) is 0.501. The van der Waals surface area contributed by atoms with Gasteiger partial charge in [-0.1, -0.05) is 6.07 Å². The molecule has 2 aromatic heterocycles. The fourth-order valence-corrected chi connectivity index (χ4v) is 2.97. The number of carbonyl (C=O) groups excluding carboxylic acids is 1. The molecule has 1 N–H and O–H groups in total. The molecule has 0 unspecified atom stereocenters. The number of hydrogen-bond donors (Lipinski definition) is 1. The van der Waals surface area contributed by atoms with Crippen molar-refractivity contribution in [1.29, 1.82) is 0 Å². The van der Waals surface area contributed by atoms with E-state index in [0.717, 1.165) is 19.4 Å². The molecule has 1 saturated heterocycles. The standard InChI is InChI=1S/C16H16N6O2/c23-15(19-12-5-1-6-13-14(12)21-24-20-13)11-4-2-9-22(10-11)16-17-7-3-8-18-16/h1,3,5-8,11H,2,4,9-10H2,(H,19,23)/t11-/m0/s1. The van der Waals surface area contributed by atoms with E-state index in [9.17, 15) is 4.79 Å². The number of carbonyl (C=O) groups is 1. The molecule has 1 amide bonds. The molecule has 0 saturated carbocycles. The van der Waals surface area contributed by atoms with E-state index in [2.05, 4.69) is 25.6 Å². The number of anilines is 2. The van der Waals surface area contributed by atoms with Gasteiger partial charge in [0, 0.05) is 25.5 Å². The number of aromatic nitrogens is 4. The zero-order valence-electron chi connectivity index (χ0n) is 12.9. The predicted octanol–water partition coefficient (Wildman–Crippen LogP) is 1.87. The second kappa shape index (κ2) is 6.23. The summed E-state index contributed by atoms with van der Waals surface area (Å²) in [4.78, 5) is 23.2. The maximum Gasteiger partial charge on any atom is 0.229 e. The zero-order valence-corrected chi connectivity index (χ0v) is 12.9. The van der Waals surface area contributed by atoms with Gasteiger partial charge in [-0.3, -0.25) is 4.79 Å². The van der Waals surface area contributed by atoms with E-state index in [-0.39, 0.29) is 11.8 Å². The molecule has 1 atom stereocenters. The molecule has 122 valence electrons. The van der Waals surface area contributed by atoms with Crippen molar-refractivity contribution >= 4 is 28.6 Å². The van der Waals surface area contributed by atoms with Crippen molar-refractivity contribution in [2.45, 2.75) is 12.8 Å². The first-order valence-corrected chi connectivity index (χ1v) is 7.85. The van der Waals surface area contributed by atoms with E-state index >= 15 is 0 Å². The van der Waals surface area contributed by atoms with Crippen molar-refractivity contribution in [2.24, 2.45) is 5.92 Å². The first-order valence-electron chi connectivity index (χ1n) is 7.85. The Bertz CT molecular complexity index is 850. The van der Waals surface area contributed by atoms with Gasteiger partial charge in [-0.2, -0.15) is 0 Å². The van der Waals surface area contributed by atoms with Crippen LogP contribution in [0.5, 0.6) is 0 Å². The van der Waals surface area contributed by atoms with Crippen molar-refractivity contribution in [2.75, 3.05) is 23.3 Å². The summed E-state index contributed by atoms with van der Waals surface area (Å²) in [7, 11) is 0. The molecule has 1 aliphatic rings. The number of piperidine rings is 1. The van der Waals surface area contributed by atoms with Crippen LogP contribution < -0.4 is 10.2 Å². The predicted molar refractivity (Wildman–Crippen MR) is 87.4 cm³/mol. The molecule has 0 aliphatic carbocycles. The van der Waals surface area contributed by atoms with Gasteiger partial charge >= 0.3 is 0 Å². The lowest BCUT2D eigenvalue weighted by Crippen LogP contribution is -2.41. The number of nitrogens with zero attached hydrogens (tertiary/aromatic N) is 5. The summed E-state index contributed by atoms with van der Waals surface area (Å²) in [5.41, 5.74) is 1.80. The third-order valence-electron chi connectivity index (χ3n) is 4.17. The van der Waals surface area contributed by atoms with Crippen LogP contribution in [0.15, 0.2) is 41.3 Å². The number of hydrogen-bond acceptors (Lipinski definition) is 7. The van der Waals surface area contributed by atoms with Crippen LogP contribution in [-0.4, -0.2) is 39.3 Å². The Kier molecular flexibility index (Phi) is 3.78. The molecule has 1 aliphatic heterocycles. The van der Waals surface area contributed by atoms with Gasteiger partial charge in [-0.05, 0) is 41.4 Å². The summed E-state index contributed by atoms with van der Waals surface area (Å²) in [5, 5.41) is 10.6. The van der Waals surface area contributed by atoms with E-state index in [1.54, 1.807) is 30.6 Å². The monoisotopic (exact) mass is 324 g/mol. The number of nitrogens with one attached hydrogen (secondary N) is 1. The van der Waals surface area contributed by atoms with Gasteiger partial charge in [0.25, 0.3) is 0 Å². The Balaban J connectivity index is 1.49. The van der Waals surface area contributed by atoms with Crippen LogP contribution in [0.25, 0.3) is 11.0 Å². The molecule has 24 heavy (non-hydrogen) atoms. The van der Waals surface area contributed by atoms with Gasteiger partial charge in [-0.15, -0.1) is 0 Å². The molecule has 3 aromatic rings. The maximum atomic E-state index is 12.7. The molecule has 1 fully saturated rings. The second-order valence-corrected chi connectivity index (χ2v) is 5.76. The van der Waals surface area contributed by atoms with Gasteiger partial charge in [0.2, 0.25) is 11.9 Å². The van der Waals surface area contributed by atoms with Crippen LogP contribution in [0.2, 0.25) is 0 Å². The average molecular weight is 324 g/mol. The largest absolute Gasteiger partial charge is 0.340 e. The van der Waals surface area contributed by atoms with Gasteiger partial charge in [0.05, 0.1) is 11.6 Å². The van der Waals surface area contributed by atoms with Crippen LogP contribution in [0, 0.1) is 5.92 Å². The highest BCUT2D eigenvalue weighted by molar-refractivity contribution is 6.00. The average Bonchev–Trinajstić information content (AvgIpc) is 3.12. The third kappa shape index (κ3) is 2.78. The van der Waals surface area contributed by atoms with Crippen LogP contribution >= 0.6 is 0 Å². The van der Waals surface area contributed by atoms with Gasteiger partial charge < -0.3 is 10.2 Å². The quantitative estimate of drug-likeness (QED) is 0.785. The van der Waals surface area contributed by atoms with Crippen LogP contribution in [0.3, 0.4) is 0 Å². The van der Waals surface area contributed by atoms with Crippen LogP contribution in [0.4, 0.5) is 11.6 Å². The number of rotatable bonds is 3. The van der Waals surface area contributed by atoms with Gasteiger partial charge in [0.15, 0.2) is 5.52 Å². The second-order valence-electron chi connectivity index (χ2n) is 5.76. The molecule has 1 aromatic carbocycles. The Morgan fingerprint density at radius 1 is 1.21 bits per heavy atom. The minimum absolute atomic E-state index is 0.0360. The molecular weight excluding hydrogens is 308 g/mol. The molecule has 8 heteroatoms. The Hall–Kier alpha value is -3.03. The van der Waals surface area contributed by atoms with Crippen molar-refractivity contribution in [1.82, 2.24) is 20.3 Å². The van der Waals surface area contributed by atoms with E-state index in [0.29, 0.717) is 29.2 Å². The highest BCUT2D eigenvalue weighted by Crippen LogP contribution is 2.24.